The van der Waals surface area contributed by atoms with Gasteiger partial charge in [0.1, 0.15) is 0 Å². The van der Waals surface area contributed by atoms with Crippen molar-refractivity contribution in [1.29, 1.82) is 5.26 Å². The molecule has 0 unspecified atom stereocenters. The molecule has 5 heteroatoms. The Labute approximate surface area is 191 Å². The lowest BCUT2D eigenvalue weighted by Crippen LogP contribution is -2.35. The first-order valence-corrected chi connectivity index (χ1v) is 11.3. The molecule has 0 radical (unpaired) electrons. The van der Waals surface area contributed by atoms with Crippen LogP contribution in [-0.2, 0) is 30.6 Å². The van der Waals surface area contributed by atoms with Crippen molar-refractivity contribution in [3.8, 4) is 6.07 Å². The van der Waals surface area contributed by atoms with E-state index in [0.717, 1.165) is 42.9 Å². The van der Waals surface area contributed by atoms with Crippen molar-refractivity contribution in [1.82, 2.24) is 14.7 Å². The number of carbonyl (C=O) groups excluding carboxylic acids is 1. The molecule has 0 spiro atoms. The highest BCUT2D eigenvalue weighted by Crippen LogP contribution is 2.17. The van der Waals surface area contributed by atoms with Crippen molar-refractivity contribution < 1.29 is 4.79 Å². The van der Waals surface area contributed by atoms with Crippen LogP contribution in [0.2, 0.25) is 0 Å². The Kier molecular flexibility index (Phi) is 8.62. The van der Waals surface area contributed by atoms with Gasteiger partial charge in [0.25, 0.3) is 0 Å². The number of rotatable bonds is 11. The van der Waals surface area contributed by atoms with Crippen LogP contribution in [0, 0.1) is 25.2 Å². The number of nitriles is 1. The van der Waals surface area contributed by atoms with Crippen molar-refractivity contribution in [2.75, 3.05) is 13.1 Å². The summed E-state index contributed by atoms with van der Waals surface area (Å²) in [5.74, 6) is 0.181. The molecule has 5 nitrogen and oxygen atoms in total. The SMILES string of the molecule is Cc1nn(CCC#N)c(C)c1CCC(=O)N(CCc1ccccc1)CCc1ccccc1. The number of aromatic nitrogens is 2. The van der Waals surface area contributed by atoms with E-state index in [4.69, 9.17) is 5.26 Å². The number of nitrogens with zero attached hydrogens (tertiary/aromatic N) is 4. The molecule has 0 N–H and O–H groups in total. The van der Waals surface area contributed by atoms with E-state index in [1.807, 2.05) is 59.8 Å². The summed E-state index contributed by atoms with van der Waals surface area (Å²) in [5, 5.41) is 13.4. The normalized spacial score (nSPS) is 10.7. The zero-order chi connectivity index (χ0) is 22.8. The van der Waals surface area contributed by atoms with Crippen molar-refractivity contribution in [2.24, 2.45) is 0 Å². The van der Waals surface area contributed by atoms with E-state index in [9.17, 15) is 4.79 Å². The van der Waals surface area contributed by atoms with Crippen LogP contribution in [0.5, 0.6) is 0 Å². The Morgan fingerprint density at radius 1 is 0.938 bits per heavy atom. The van der Waals surface area contributed by atoms with Gasteiger partial charge in [0.15, 0.2) is 0 Å². The van der Waals surface area contributed by atoms with Gasteiger partial charge in [-0.3, -0.25) is 9.48 Å². The quantitative estimate of drug-likeness (QED) is 0.446. The van der Waals surface area contributed by atoms with E-state index in [-0.39, 0.29) is 5.91 Å². The molecule has 0 aliphatic carbocycles. The number of benzene rings is 2. The van der Waals surface area contributed by atoms with E-state index >= 15 is 0 Å². The fourth-order valence-electron chi connectivity index (χ4n) is 4.04. The molecular formula is C27H32N4O. The van der Waals surface area contributed by atoms with Gasteiger partial charge >= 0.3 is 0 Å². The lowest BCUT2D eigenvalue weighted by atomic mass is 10.1. The van der Waals surface area contributed by atoms with Gasteiger partial charge in [-0.25, -0.2) is 0 Å². The molecule has 1 amide bonds. The van der Waals surface area contributed by atoms with Gasteiger partial charge in [-0.2, -0.15) is 10.4 Å². The maximum absolute atomic E-state index is 13.2. The molecule has 1 heterocycles. The van der Waals surface area contributed by atoms with Gasteiger partial charge in [0.05, 0.1) is 24.7 Å². The van der Waals surface area contributed by atoms with Crippen LogP contribution >= 0.6 is 0 Å². The van der Waals surface area contributed by atoms with E-state index in [1.54, 1.807) is 0 Å². The molecule has 0 aliphatic heterocycles. The summed E-state index contributed by atoms with van der Waals surface area (Å²) < 4.78 is 1.89. The van der Waals surface area contributed by atoms with Gasteiger partial charge in [-0.15, -0.1) is 0 Å². The average molecular weight is 429 g/mol. The monoisotopic (exact) mass is 428 g/mol. The van der Waals surface area contributed by atoms with E-state index in [1.165, 1.54) is 11.1 Å². The maximum atomic E-state index is 13.2. The fraction of sp³-hybridized carbons (Fsp3) is 0.370. The Morgan fingerprint density at radius 2 is 1.50 bits per heavy atom. The number of amides is 1. The van der Waals surface area contributed by atoms with E-state index < -0.39 is 0 Å². The van der Waals surface area contributed by atoms with E-state index in [2.05, 4.69) is 35.4 Å². The lowest BCUT2D eigenvalue weighted by Gasteiger charge is -2.23. The fourth-order valence-corrected chi connectivity index (χ4v) is 4.04. The summed E-state index contributed by atoms with van der Waals surface area (Å²) in [7, 11) is 0. The number of hydrogen-bond acceptors (Lipinski definition) is 3. The standard InChI is InChI=1S/C27H32N4O/c1-22-26(23(2)31(29-22)19-9-18-28)14-15-27(32)30(20-16-24-10-5-3-6-11-24)21-17-25-12-7-4-8-13-25/h3-8,10-13H,9,14-17,19-21H2,1-2H3. The maximum Gasteiger partial charge on any atom is 0.222 e. The van der Waals surface area contributed by atoms with Crippen LogP contribution < -0.4 is 0 Å². The van der Waals surface area contributed by atoms with Gasteiger partial charge in [0, 0.05) is 25.2 Å². The molecule has 3 aromatic rings. The van der Waals surface area contributed by atoms with Crippen molar-refractivity contribution in [3.05, 3.63) is 88.7 Å². The molecule has 3 rings (SSSR count). The van der Waals surface area contributed by atoms with Gasteiger partial charge < -0.3 is 4.90 Å². The second-order valence-electron chi connectivity index (χ2n) is 8.13. The van der Waals surface area contributed by atoms with Gasteiger partial charge in [-0.1, -0.05) is 60.7 Å². The lowest BCUT2D eigenvalue weighted by molar-refractivity contribution is -0.131. The second-order valence-corrected chi connectivity index (χ2v) is 8.13. The Morgan fingerprint density at radius 3 is 2.03 bits per heavy atom. The molecule has 0 bridgehead atoms. The number of hydrogen-bond donors (Lipinski definition) is 0. The third-order valence-corrected chi connectivity index (χ3v) is 5.93. The van der Waals surface area contributed by atoms with Gasteiger partial charge in [-0.05, 0) is 49.8 Å². The molecule has 1 aromatic heterocycles. The van der Waals surface area contributed by atoms with Crippen LogP contribution in [0.1, 0.15) is 40.9 Å². The van der Waals surface area contributed by atoms with Gasteiger partial charge in [0.2, 0.25) is 5.91 Å². The average Bonchev–Trinajstić information content (AvgIpc) is 3.09. The van der Waals surface area contributed by atoms with Crippen molar-refractivity contribution in [3.63, 3.8) is 0 Å². The predicted molar refractivity (Wildman–Crippen MR) is 127 cm³/mol. The molecule has 166 valence electrons. The number of carbonyl (C=O) groups is 1. The Bertz CT molecular complexity index is 991. The largest absolute Gasteiger partial charge is 0.342 e. The zero-order valence-corrected chi connectivity index (χ0v) is 19.1. The highest BCUT2D eigenvalue weighted by Gasteiger charge is 2.17. The molecule has 2 aromatic carbocycles. The van der Waals surface area contributed by atoms with Crippen LogP contribution in [0.15, 0.2) is 60.7 Å². The van der Waals surface area contributed by atoms with Crippen LogP contribution in [0.4, 0.5) is 0 Å². The summed E-state index contributed by atoms with van der Waals surface area (Å²) in [6, 6.07) is 22.8. The summed E-state index contributed by atoms with van der Waals surface area (Å²) >= 11 is 0. The summed E-state index contributed by atoms with van der Waals surface area (Å²) in [6.07, 6.45) is 3.29. The van der Waals surface area contributed by atoms with Crippen LogP contribution in [0.3, 0.4) is 0 Å². The second kappa shape index (κ2) is 11.9. The Hall–Kier alpha value is -3.39. The summed E-state index contributed by atoms with van der Waals surface area (Å²) in [6.45, 7) is 6.04. The molecule has 0 atom stereocenters. The summed E-state index contributed by atoms with van der Waals surface area (Å²) in [5.41, 5.74) is 5.63. The summed E-state index contributed by atoms with van der Waals surface area (Å²) in [4.78, 5) is 15.2. The zero-order valence-electron chi connectivity index (χ0n) is 19.1. The molecule has 0 saturated carbocycles. The topological polar surface area (TPSA) is 61.9 Å². The van der Waals surface area contributed by atoms with Crippen LogP contribution in [0.25, 0.3) is 0 Å². The van der Waals surface area contributed by atoms with Crippen molar-refractivity contribution >= 4 is 5.91 Å². The molecule has 32 heavy (non-hydrogen) atoms. The first kappa shape index (κ1) is 23.3. The van der Waals surface area contributed by atoms with Crippen molar-refractivity contribution in [2.45, 2.75) is 52.5 Å². The minimum absolute atomic E-state index is 0.181. The highest BCUT2D eigenvalue weighted by atomic mass is 16.2. The molecular weight excluding hydrogens is 396 g/mol. The first-order chi connectivity index (χ1) is 15.6. The Balaban J connectivity index is 1.64. The number of aryl methyl sites for hydroxylation is 2. The van der Waals surface area contributed by atoms with Crippen LogP contribution in [-0.4, -0.2) is 33.7 Å². The first-order valence-electron chi connectivity index (χ1n) is 11.3. The molecule has 0 fully saturated rings. The predicted octanol–water partition coefficient (Wildman–Crippen LogP) is 4.66. The highest BCUT2D eigenvalue weighted by molar-refractivity contribution is 5.76. The molecule has 0 saturated heterocycles. The minimum atomic E-state index is 0.181. The van der Waals surface area contributed by atoms with E-state index in [0.29, 0.717) is 25.8 Å². The third kappa shape index (κ3) is 6.55. The molecule has 0 aliphatic rings. The third-order valence-electron chi connectivity index (χ3n) is 5.93. The minimum Gasteiger partial charge on any atom is -0.342 e. The smallest absolute Gasteiger partial charge is 0.222 e.